The maximum Gasteiger partial charge on any atom is 0.166 e. The van der Waals surface area contributed by atoms with E-state index in [2.05, 4.69) is 9.97 Å². The van der Waals surface area contributed by atoms with E-state index in [0.29, 0.717) is 18.2 Å². The molecule has 0 unspecified atom stereocenters. The monoisotopic (exact) mass is 251 g/mol. The second-order valence-corrected chi connectivity index (χ2v) is 4.17. The van der Waals surface area contributed by atoms with Crippen LogP contribution in [0.4, 0.5) is 5.82 Å². The van der Waals surface area contributed by atoms with Crippen molar-refractivity contribution >= 4 is 16.7 Å². The number of pyridine rings is 2. The highest BCUT2D eigenvalue weighted by atomic mass is 16.5. The number of rotatable bonds is 3. The Bertz CT molecular complexity index is 712. The van der Waals surface area contributed by atoms with Crippen LogP contribution in [-0.4, -0.2) is 9.97 Å². The molecule has 0 bridgehead atoms. The molecule has 1 aromatic carbocycles. The van der Waals surface area contributed by atoms with Crippen molar-refractivity contribution in [2.75, 3.05) is 5.73 Å². The lowest BCUT2D eigenvalue weighted by Crippen LogP contribution is -2.01. The summed E-state index contributed by atoms with van der Waals surface area (Å²) < 4.78 is 5.62. The number of fused-ring (bicyclic) bond motifs is 1. The zero-order valence-electron chi connectivity index (χ0n) is 10.3. The molecule has 0 atom stereocenters. The number of benzene rings is 1. The number of aromatic nitrogens is 2. The lowest BCUT2D eigenvalue weighted by molar-refractivity contribution is 0.302. The largest absolute Gasteiger partial charge is 0.483 e. The Hall–Kier alpha value is -2.62. The summed E-state index contributed by atoms with van der Waals surface area (Å²) in [5.41, 5.74) is 7.54. The van der Waals surface area contributed by atoms with E-state index >= 15 is 0 Å². The second-order valence-electron chi connectivity index (χ2n) is 4.17. The normalized spacial score (nSPS) is 10.5. The summed E-state index contributed by atoms with van der Waals surface area (Å²) in [5.74, 6) is 0.973. The zero-order chi connectivity index (χ0) is 13.1. The summed E-state index contributed by atoms with van der Waals surface area (Å²) in [6, 6.07) is 15.6. The van der Waals surface area contributed by atoms with Crippen LogP contribution in [0.1, 0.15) is 5.69 Å². The van der Waals surface area contributed by atoms with E-state index in [1.54, 1.807) is 18.3 Å². The number of anilines is 1. The minimum absolute atomic E-state index is 0.376. The fourth-order valence-electron chi connectivity index (χ4n) is 1.87. The summed E-state index contributed by atoms with van der Waals surface area (Å²) >= 11 is 0. The van der Waals surface area contributed by atoms with Crippen LogP contribution in [0, 0.1) is 0 Å². The predicted octanol–water partition coefficient (Wildman–Crippen LogP) is 2.79. The van der Waals surface area contributed by atoms with Crippen LogP contribution in [-0.2, 0) is 6.61 Å². The lowest BCUT2D eigenvalue weighted by atomic mass is 10.2. The fourth-order valence-corrected chi connectivity index (χ4v) is 1.87. The van der Waals surface area contributed by atoms with Crippen molar-refractivity contribution in [1.29, 1.82) is 0 Å². The van der Waals surface area contributed by atoms with E-state index in [1.165, 1.54) is 0 Å². The highest BCUT2D eigenvalue weighted by Gasteiger charge is 2.02. The molecular formula is C15H13N3O. The summed E-state index contributed by atoms with van der Waals surface area (Å²) in [6.07, 6.45) is 1.64. The molecule has 0 saturated carbocycles. The molecule has 2 heterocycles. The van der Waals surface area contributed by atoms with Gasteiger partial charge in [-0.1, -0.05) is 24.3 Å². The molecule has 0 spiro atoms. The van der Waals surface area contributed by atoms with Gasteiger partial charge in [-0.3, -0.25) is 0 Å². The van der Waals surface area contributed by atoms with Gasteiger partial charge in [-0.05, 0) is 24.3 Å². The van der Waals surface area contributed by atoms with E-state index in [-0.39, 0.29) is 0 Å². The molecule has 0 radical (unpaired) electrons. The van der Waals surface area contributed by atoms with Crippen molar-refractivity contribution in [3.8, 4) is 5.75 Å². The molecule has 4 heteroatoms. The molecule has 19 heavy (non-hydrogen) atoms. The van der Waals surface area contributed by atoms with Gasteiger partial charge in [0.2, 0.25) is 0 Å². The summed E-state index contributed by atoms with van der Waals surface area (Å²) in [5, 5.41) is 1.12. The van der Waals surface area contributed by atoms with Crippen LogP contribution >= 0.6 is 0 Å². The fraction of sp³-hybridized carbons (Fsp3) is 0.0667. The van der Waals surface area contributed by atoms with E-state index in [9.17, 15) is 0 Å². The third kappa shape index (κ3) is 2.47. The maximum atomic E-state index is 5.72. The van der Waals surface area contributed by atoms with E-state index in [4.69, 9.17) is 10.5 Å². The SMILES string of the molecule is Nc1ncccc1OCc1ccc2ccccc2n1. The first-order chi connectivity index (χ1) is 9.33. The van der Waals surface area contributed by atoms with E-state index in [0.717, 1.165) is 16.6 Å². The summed E-state index contributed by atoms with van der Waals surface area (Å²) in [7, 11) is 0. The average Bonchev–Trinajstić information content (AvgIpc) is 2.46. The van der Waals surface area contributed by atoms with Gasteiger partial charge in [-0.2, -0.15) is 0 Å². The summed E-state index contributed by atoms with van der Waals surface area (Å²) in [6.45, 7) is 0.376. The Morgan fingerprint density at radius 1 is 1.00 bits per heavy atom. The molecule has 0 amide bonds. The molecule has 3 rings (SSSR count). The number of para-hydroxylation sites is 1. The van der Waals surface area contributed by atoms with Gasteiger partial charge in [0.05, 0.1) is 11.2 Å². The molecule has 0 aliphatic carbocycles. The van der Waals surface area contributed by atoms with E-state index < -0.39 is 0 Å². The molecule has 94 valence electrons. The standard InChI is InChI=1S/C15H13N3O/c16-15-14(6-3-9-17-15)19-10-12-8-7-11-4-1-2-5-13(11)18-12/h1-9H,10H2,(H2,16,17). The molecule has 4 nitrogen and oxygen atoms in total. The smallest absolute Gasteiger partial charge is 0.166 e. The van der Waals surface area contributed by atoms with Crippen LogP contribution in [0.2, 0.25) is 0 Å². The summed E-state index contributed by atoms with van der Waals surface area (Å²) in [4.78, 5) is 8.51. The second kappa shape index (κ2) is 4.94. The Morgan fingerprint density at radius 2 is 1.89 bits per heavy atom. The van der Waals surface area contributed by atoms with Gasteiger partial charge in [0.1, 0.15) is 6.61 Å². The Kier molecular flexibility index (Phi) is 2.98. The van der Waals surface area contributed by atoms with Gasteiger partial charge < -0.3 is 10.5 Å². The topological polar surface area (TPSA) is 61.0 Å². The number of ether oxygens (including phenoxy) is 1. The molecule has 0 saturated heterocycles. The van der Waals surface area contributed by atoms with Gasteiger partial charge >= 0.3 is 0 Å². The molecule has 0 fully saturated rings. The maximum absolute atomic E-state index is 5.72. The van der Waals surface area contributed by atoms with Crippen molar-refractivity contribution in [3.05, 3.63) is 60.4 Å². The number of nitrogens with zero attached hydrogens (tertiary/aromatic N) is 2. The minimum atomic E-state index is 0.376. The van der Waals surface area contributed by atoms with Gasteiger partial charge in [0.15, 0.2) is 11.6 Å². The van der Waals surface area contributed by atoms with Crippen molar-refractivity contribution in [2.24, 2.45) is 0 Å². The highest BCUT2D eigenvalue weighted by molar-refractivity contribution is 5.78. The third-order valence-electron chi connectivity index (χ3n) is 2.83. The van der Waals surface area contributed by atoms with Crippen LogP contribution in [0.3, 0.4) is 0 Å². The first-order valence-electron chi connectivity index (χ1n) is 6.01. The molecule has 2 aromatic heterocycles. The molecule has 0 aliphatic rings. The predicted molar refractivity (Wildman–Crippen MR) is 74.7 cm³/mol. The molecule has 2 N–H and O–H groups in total. The number of hydrogen-bond acceptors (Lipinski definition) is 4. The van der Waals surface area contributed by atoms with Gasteiger partial charge in [0.25, 0.3) is 0 Å². The number of hydrogen-bond donors (Lipinski definition) is 1. The van der Waals surface area contributed by atoms with Crippen LogP contribution < -0.4 is 10.5 Å². The van der Waals surface area contributed by atoms with Crippen LogP contribution in [0.25, 0.3) is 10.9 Å². The Labute approximate surface area is 110 Å². The van der Waals surface area contributed by atoms with Crippen molar-refractivity contribution in [3.63, 3.8) is 0 Å². The highest BCUT2D eigenvalue weighted by Crippen LogP contribution is 2.19. The Morgan fingerprint density at radius 3 is 2.79 bits per heavy atom. The Balaban J connectivity index is 1.80. The first-order valence-corrected chi connectivity index (χ1v) is 6.01. The average molecular weight is 251 g/mol. The lowest BCUT2D eigenvalue weighted by Gasteiger charge is -2.07. The van der Waals surface area contributed by atoms with Crippen LogP contribution in [0.15, 0.2) is 54.7 Å². The first kappa shape index (κ1) is 11.5. The number of nitrogens with two attached hydrogens (primary N) is 1. The molecule has 0 aliphatic heterocycles. The zero-order valence-corrected chi connectivity index (χ0v) is 10.3. The van der Waals surface area contributed by atoms with Gasteiger partial charge in [-0.15, -0.1) is 0 Å². The third-order valence-corrected chi connectivity index (χ3v) is 2.83. The van der Waals surface area contributed by atoms with Crippen molar-refractivity contribution < 1.29 is 4.74 Å². The van der Waals surface area contributed by atoms with Crippen molar-refractivity contribution in [1.82, 2.24) is 9.97 Å². The minimum Gasteiger partial charge on any atom is -0.483 e. The molecule has 3 aromatic rings. The quantitative estimate of drug-likeness (QED) is 0.777. The molecular weight excluding hydrogens is 238 g/mol. The van der Waals surface area contributed by atoms with Crippen LogP contribution in [0.5, 0.6) is 5.75 Å². The van der Waals surface area contributed by atoms with Gasteiger partial charge in [-0.25, -0.2) is 9.97 Å². The van der Waals surface area contributed by atoms with E-state index in [1.807, 2.05) is 36.4 Å². The van der Waals surface area contributed by atoms with Crippen molar-refractivity contribution in [2.45, 2.75) is 6.61 Å². The number of nitrogen functional groups attached to an aromatic ring is 1. The van der Waals surface area contributed by atoms with Gasteiger partial charge in [0, 0.05) is 11.6 Å².